The Hall–Kier alpha value is -1.49. The first kappa shape index (κ1) is 13.9. The summed E-state index contributed by atoms with van der Waals surface area (Å²) in [6.45, 7) is 1.86. The van der Waals surface area contributed by atoms with Crippen LogP contribution in [0.25, 0.3) is 0 Å². The molecular weight excluding hydrogens is 262 g/mol. The molecule has 2 rings (SSSR count). The van der Waals surface area contributed by atoms with Crippen molar-refractivity contribution in [3.05, 3.63) is 29.8 Å². The highest BCUT2D eigenvalue weighted by Crippen LogP contribution is 2.40. The number of aliphatic carboxylic acids is 1. The maximum atomic E-state index is 12.4. The maximum Gasteiger partial charge on any atom is 0.308 e. The van der Waals surface area contributed by atoms with Gasteiger partial charge in [0, 0.05) is 24.2 Å². The second-order valence-electron chi connectivity index (χ2n) is 4.86. The first-order valence-electron chi connectivity index (χ1n) is 6.20. The number of hydrogen-bond acceptors (Lipinski definition) is 3. The van der Waals surface area contributed by atoms with Crippen molar-refractivity contribution < 1.29 is 14.7 Å². The SMILES string of the molecule is C[C@@H](CN(C)C(=O)[C@H]1CSc2ccccc21)C(=O)O. The summed E-state index contributed by atoms with van der Waals surface area (Å²) < 4.78 is 0. The van der Waals surface area contributed by atoms with E-state index < -0.39 is 11.9 Å². The van der Waals surface area contributed by atoms with Crippen molar-refractivity contribution >= 4 is 23.6 Å². The number of carboxylic acid groups (broad SMARTS) is 1. The Morgan fingerprint density at radius 3 is 2.84 bits per heavy atom. The summed E-state index contributed by atoms with van der Waals surface area (Å²) in [5, 5.41) is 8.89. The van der Waals surface area contributed by atoms with Crippen LogP contribution in [0.4, 0.5) is 0 Å². The van der Waals surface area contributed by atoms with Crippen molar-refractivity contribution in [2.24, 2.45) is 5.92 Å². The van der Waals surface area contributed by atoms with Gasteiger partial charge in [0.15, 0.2) is 0 Å². The zero-order chi connectivity index (χ0) is 14.0. The van der Waals surface area contributed by atoms with Gasteiger partial charge >= 0.3 is 5.97 Å². The van der Waals surface area contributed by atoms with Gasteiger partial charge in [-0.05, 0) is 11.6 Å². The average Bonchev–Trinajstić information content (AvgIpc) is 2.81. The van der Waals surface area contributed by atoms with Crippen LogP contribution in [0.3, 0.4) is 0 Å². The van der Waals surface area contributed by atoms with Crippen LogP contribution in [0, 0.1) is 5.92 Å². The van der Waals surface area contributed by atoms with E-state index in [1.807, 2.05) is 24.3 Å². The molecule has 0 saturated heterocycles. The van der Waals surface area contributed by atoms with E-state index in [0.29, 0.717) is 0 Å². The molecule has 1 aromatic carbocycles. The van der Waals surface area contributed by atoms with E-state index in [1.54, 1.807) is 25.7 Å². The summed E-state index contributed by atoms with van der Waals surface area (Å²) in [7, 11) is 1.67. The number of carbonyl (C=O) groups excluding carboxylic acids is 1. The average molecular weight is 279 g/mol. The number of rotatable bonds is 4. The van der Waals surface area contributed by atoms with Crippen LogP contribution in [-0.2, 0) is 9.59 Å². The third kappa shape index (κ3) is 2.92. The lowest BCUT2D eigenvalue weighted by molar-refractivity contribution is -0.142. The molecule has 0 bridgehead atoms. The lowest BCUT2D eigenvalue weighted by Crippen LogP contribution is -2.37. The first-order chi connectivity index (χ1) is 9.00. The molecule has 4 nitrogen and oxygen atoms in total. The molecule has 1 amide bonds. The predicted molar refractivity (Wildman–Crippen MR) is 74.3 cm³/mol. The van der Waals surface area contributed by atoms with Gasteiger partial charge < -0.3 is 10.0 Å². The third-order valence-corrected chi connectivity index (χ3v) is 4.53. The van der Waals surface area contributed by atoms with Crippen LogP contribution in [0.1, 0.15) is 18.4 Å². The molecule has 2 atom stereocenters. The number of benzene rings is 1. The maximum absolute atomic E-state index is 12.4. The van der Waals surface area contributed by atoms with Crippen LogP contribution in [0.15, 0.2) is 29.2 Å². The van der Waals surface area contributed by atoms with E-state index in [1.165, 1.54) is 4.90 Å². The molecule has 0 radical (unpaired) electrons. The van der Waals surface area contributed by atoms with Crippen LogP contribution < -0.4 is 0 Å². The Labute approximate surface area is 116 Å². The normalized spacial score (nSPS) is 18.7. The van der Waals surface area contributed by atoms with Crippen molar-refractivity contribution in [1.29, 1.82) is 0 Å². The fraction of sp³-hybridized carbons (Fsp3) is 0.429. The minimum absolute atomic E-state index is 0.00514. The van der Waals surface area contributed by atoms with Gasteiger partial charge in [-0.3, -0.25) is 9.59 Å². The van der Waals surface area contributed by atoms with Gasteiger partial charge in [0.05, 0.1) is 11.8 Å². The standard InChI is InChI=1S/C14H17NO3S/c1-9(14(17)18)7-15(2)13(16)11-8-19-12-6-4-3-5-10(11)12/h3-6,9,11H,7-8H2,1-2H3,(H,17,18)/t9-,11-/m0/s1. The van der Waals surface area contributed by atoms with Gasteiger partial charge in [0.1, 0.15) is 0 Å². The monoisotopic (exact) mass is 279 g/mol. The number of nitrogens with zero attached hydrogens (tertiary/aromatic N) is 1. The van der Waals surface area contributed by atoms with Crippen LogP contribution >= 0.6 is 11.8 Å². The summed E-state index contributed by atoms with van der Waals surface area (Å²) in [6, 6.07) is 7.90. The number of hydrogen-bond donors (Lipinski definition) is 1. The van der Waals surface area contributed by atoms with E-state index in [9.17, 15) is 9.59 Å². The van der Waals surface area contributed by atoms with E-state index >= 15 is 0 Å². The largest absolute Gasteiger partial charge is 0.481 e. The fourth-order valence-electron chi connectivity index (χ4n) is 2.21. The highest BCUT2D eigenvalue weighted by molar-refractivity contribution is 7.99. The number of amides is 1. The van der Waals surface area contributed by atoms with Gasteiger partial charge in [0.2, 0.25) is 5.91 Å². The Balaban J connectivity index is 2.07. The van der Waals surface area contributed by atoms with Gasteiger partial charge in [0.25, 0.3) is 0 Å². The molecule has 1 N–H and O–H groups in total. The number of carbonyl (C=O) groups is 2. The number of thioether (sulfide) groups is 1. The van der Waals surface area contributed by atoms with Gasteiger partial charge in [-0.1, -0.05) is 25.1 Å². The Bertz CT molecular complexity index is 503. The van der Waals surface area contributed by atoms with E-state index in [-0.39, 0.29) is 18.4 Å². The molecule has 0 saturated carbocycles. The molecule has 1 aromatic rings. The van der Waals surface area contributed by atoms with Crippen molar-refractivity contribution in [3.63, 3.8) is 0 Å². The lowest BCUT2D eigenvalue weighted by Gasteiger charge is -2.23. The second-order valence-corrected chi connectivity index (χ2v) is 5.92. The molecule has 0 aliphatic carbocycles. The second kappa shape index (κ2) is 5.65. The summed E-state index contributed by atoms with van der Waals surface area (Å²) in [4.78, 5) is 25.9. The topological polar surface area (TPSA) is 57.6 Å². The van der Waals surface area contributed by atoms with Crippen LogP contribution in [0.2, 0.25) is 0 Å². The molecule has 5 heteroatoms. The molecule has 0 unspecified atom stereocenters. The summed E-state index contributed by atoms with van der Waals surface area (Å²) in [6.07, 6.45) is 0. The lowest BCUT2D eigenvalue weighted by atomic mass is 9.99. The smallest absolute Gasteiger partial charge is 0.308 e. The number of likely N-dealkylation sites (N-methyl/N-ethyl adjacent to an activating group) is 1. The molecule has 1 aliphatic heterocycles. The molecule has 102 valence electrons. The third-order valence-electron chi connectivity index (χ3n) is 3.34. The van der Waals surface area contributed by atoms with E-state index in [2.05, 4.69) is 0 Å². The zero-order valence-electron chi connectivity index (χ0n) is 11.0. The first-order valence-corrected chi connectivity index (χ1v) is 7.18. The fourth-order valence-corrected chi connectivity index (χ4v) is 3.43. The predicted octanol–water partition coefficient (Wildman–Crippen LogP) is 2.05. The Kier molecular flexibility index (Phi) is 4.14. The highest BCUT2D eigenvalue weighted by atomic mass is 32.2. The van der Waals surface area contributed by atoms with Crippen LogP contribution in [-0.4, -0.2) is 41.2 Å². The van der Waals surface area contributed by atoms with Crippen molar-refractivity contribution in [1.82, 2.24) is 4.90 Å². The minimum Gasteiger partial charge on any atom is -0.481 e. The molecule has 0 fully saturated rings. The molecular formula is C14H17NO3S. The van der Waals surface area contributed by atoms with E-state index in [4.69, 9.17) is 5.11 Å². The Morgan fingerprint density at radius 1 is 1.47 bits per heavy atom. The Morgan fingerprint density at radius 2 is 2.16 bits per heavy atom. The number of carboxylic acids is 1. The zero-order valence-corrected chi connectivity index (χ0v) is 11.8. The highest BCUT2D eigenvalue weighted by Gasteiger charge is 2.31. The summed E-state index contributed by atoms with van der Waals surface area (Å²) in [5.41, 5.74) is 1.06. The van der Waals surface area contributed by atoms with Crippen LogP contribution in [0.5, 0.6) is 0 Å². The minimum atomic E-state index is -0.874. The van der Waals surface area contributed by atoms with Crippen molar-refractivity contribution in [3.8, 4) is 0 Å². The quantitative estimate of drug-likeness (QED) is 0.916. The molecule has 0 aromatic heterocycles. The van der Waals surface area contributed by atoms with Crippen molar-refractivity contribution in [2.45, 2.75) is 17.7 Å². The molecule has 0 spiro atoms. The molecule has 1 aliphatic rings. The number of fused-ring (bicyclic) bond motifs is 1. The summed E-state index contributed by atoms with van der Waals surface area (Å²) in [5.74, 6) is -0.818. The van der Waals surface area contributed by atoms with E-state index in [0.717, 1.165) is 16.2 Å². The van der Waals surface area contributed by atoms with Crippen molar-refractivity contribution in [2.75, 3.05) is 19.3 Å². The summed E-state index contributed by atoms with van der Waals surface area (Å²) >= 11 is 1.68. The van der Waals surface area contributed by atoms with Gasteiger partial charge in [-0.2, -0.15) is 0 Å². The molecule has 1 heterocycles. The molecule has 19 heavy (non-hydrogen) atoms. The van der Waals surface area contributed by atoms with Gasteiger partial charge in [-0.15, -0.1) is 11.8 Å². The van der Waals surface area contributed by atoms with Gasteiger partial charge in [-0.25, -0.2) is 0 Å².